The van der Waals surface area contributed by atoms with E-state index in [0.717, 1.165) is 0 Å². The minimum absolute atomic E-state index is 0. The van der Waals surface area contributed by atoms with Crippen LogP contribution < -0.4 is 17.0 Å². The maximum atomic E-state index is 2.26. The van der Waals surface area contributed by atoms with E-state index in [1.54, 1.807) is 0 Å². The average Bonchev–Trinajstić information content (AvgIpc) is 3.05. The van der Waals surface area contributed by atoms with Crippen LogP contribution in [-0.4, -0.2) is 4.57 Å². The second-order valence-electron chi connectivity index (χ2n) is 5.48. The molecule has 0 saturated carbocycles. The Morgan fingerprint density at radius 2 is 1.36 bits per heavy atom. The number of nitrogens with zero attached hydrogens (tertiary/aromatic N) is 2. The largest absolute Gasteiger partial charge is 1.00 e. The van der Waals surface area contributed by atoms with Crippen molar-refractivity contribution in [2.45, 2.75) is 25.9 Å². The summed E-state index contributed by atoms with van der Waals surface area (Å²) in [6.45, 7) is 4.46. The molecule has 3 aromatic rings. The van der Waals surface area contributed by atoms with E-state index in [1.807, 2.05) is 0 Å². The molecule has 0 saturated heterocycles. The Balaban J connectivity index is 0.00000176. The van der Waals surface area contributed by atoms with Gasteiger partial charge in [0, 0.05) is 0 Å². The molecule has 0 N–H and O–H groups in total. The molecular formula is C19H21ClN2. The number of benzene rings is 2. The molecule has 0 bridgehead atoms. The van der Waals surface area contributed by atoms with Crippen LogP contribution >= 0.6 is 0 Å². The van der Waals surface area contributed by atoms with E-state index in [2.05, 4.69) is 102 Å². The van der Waals surface area contributed by atoms with Crippen molar-refractivity contribution in [2.75, 3.05) is 0 Å². The van der Waals surface area contributed by atoms with Gasteiger partial charge in [0.05, 0.1) is 0 Å². The lowest BCUT2D eigenvalue weighted by Gasteiger charge is -2.09. The highest BCUT2D eigenvalue weighted by atomic mass is 35.5. The molecule has 0 amide bonds. The molecular weight excluding hydrogens is 292 g/mol. The fraction of sp³-hybridized carbons (Fsp3) is 0.211. The first kappa shape index (κ1) is 16.3. The molecule has 1 heterocycles. The molecule has 3 heteroatoms. The van der Waals surface area contributed by atoms with Crippen molar-refractivity contribution in [3.8, 4) is 0 Å². The fourth-order valence-electron chi connectivity index (χ4n) is 2.65. The van der Waals surface area contributed by atoms with E-state index >= 15 is 0 Å². The van der Waals surface area contributed by atoms with Gasteiger partial charge in [-0.15, -0.1) is 0 Å². The van der Waals surface area contributed by atoms with Gasteiger partial charge in [0.15, 0.2) is 0 Å². The molecule has 0 radical (unpaired) electrons. The summed E-state index contributed by atoms with van der Waals surface area (Å²) in [7, 11) is 0. The highest BCUT2D eigenvalue weighted by Gasteiger charge is 2.17. The number of rotatable bonds is 4. The van der Waals surface area contributed by atoms with Gasteiger partial charge >= 0.3 is 0 Å². The summed E-state index contributed by atoms with van der Waals surface area (Å²) < 4.78 is 4.52. The van der Waals surface area contributed by atoms with E-state index in [9.17, 15) is 0 Å². The maximum absolute atomic E-state index is 2.26. The third-order valence-corrected chi connectivity index (χ3v) is 4.14. The molecule has 2 nitrogen and oxygen atoms in total. The third-order valence-electron chi connectivity index (χ3n) is 4.14. The van der Waals surface area contributed by atoms with E-state index in [-0.39, 0.29) is 12.4 Å². The summed E-state index contributed by atoms with van der Waals surface area (Å²) in [6.07, 6.45) is 6.49. The third kappa shape index (κ3) is 3.40. The molecule has 0 aliphatic carbocycles. The first-order chi connectivity index (χ1) is 10.3. The Morgan fingerprint density at radius 3 is 1.95 bits per heavy atom. The Morgan fingerprint density at radius 1 is 0.818 bits per heavy atom. The highest BCUT2D eigenvalue weighted by Crippen LogP contribution is 2.17. The molecule has 114 valence electrons. The van der Waals surface area contributed by atoms with E-state index in [4.69, 9.17) is 0 Å². The second kappa shape index (κ2) is 7.28. The van der Waals surface area contributed by atoms with Gasteiger partial charge in [0.25, 0.3) is 0 Å². The van der Waals surface area contributed by atoms with Crippen LogP contribution in [0.3, 0.4) is 0 Å². The summed E-state index contributed by atoms with van der Waals surface area (Å²) >= 11 is 0. The maximum Gasteiger partial charge on any atom is 0.244 e. The normalized spacial score (nSPS) is 13.2. The average molecular weight is 313 g/mol. The monoisotopic (exact) mass is 312 g/mol. The van der Waals surface area contributed by atoms with Crippen LogP contribution in [0, 0.1) is 0 Å². The quantitative estimate of drug-likeness (QED) is 0.636. The van der Waals surface area contributed by atoms with Crippen LogP contribution in [0.5, 0.6) is 0 Å². The fourth-order valence-corrected chi connectivity index (χ4v) is 2.65. The van der Waals surface area contributed by atoms with Crippen molar-refractivity contribution in [2.24, 2.45) is 0 Å². The van der Waals surface area contributed by atoms with Gasteiger partial charge in [-0.25, -0.2) is 9.13 Å². The van der Waals surface area contributed by atoms with Crippen LogP contribution in [0.15, 0.2) is 79.4 Å². The van der Waals surface area contributed by atoms with Crippen molar-refractivity contribution in [1.82, 2.24) is 4.57 Å². The molecule has 2 atom stereocenters. The zero-order valence-electron chi connectivity index (χ0n) is 12.9. The lowest BCUT2D eigenvalue weighted by Crippen LogP contribution is -3.00. The first-order valence-corrected chi connectivity index (χ1v) is 7.44. The molecule has 0 aliphatic heterocycles. The van der Waals surface area contributed by atoms with Gasteiger partial charge in [-0.3, -0.25) is 0 Å². The Hall–Kier alpha value is -2.06. The SMILES string of the molecule is CC(c1ccccc1)n1cc[n+]([C@@H](C)c2ccccc2)c1.[Cl-]. The number of hydrogen-bond acceptors (Lipinski definition) is 0. The standard InChI is InChI=1S/C19H21N2.ClH/c1-16(18-9-5-3-6-10-18)20-13-14-21(15-20)17(2)19-11-7-4-8-12-19;/h3-17H,1-2H3;1H/q+1;/p-1/t16-,17?;/m0./s1. The molecule has 1 unspecified atom stereocenters. The summed E-state index contributed by atoms with van der Waals surface area (Å²) in [5, 5.41) is 0. The van der Waals surface area contributed by atoms with E-state index in [1.165, 1.54) is 11.1 Å². The summed E-state index contributed by atoms with van der Waals surface area (Å²) in [5.41, 5.74) is 2.65. The molecule has 3 rings (SSSR count). The van der Waals surface area contributed by atoms with Gasteiger partial charge < -0.3 is 12.4 Å². The predicted molar refractivity (Wildman–Crippen MR) is 85.1 cm³/mol. The zero-order chi connectivity index (χ0) is 14.7. The summed E-state index contributed by atoms with van der Waals surface area (Å²) in [4.78, 5) is 0. The predicted octanol–water partition coefficient (Wildman–Crippen LogP) is 0.998. The van der Waals surface area contributed by atoms with Crippen molar-refractivity contribution >= 4 is 0 Å². The highest BCUT2D eigenvalue weighted by molar-refractivity contribution is 5.19. The molecule has 0 aliphatic rings. The van der Waals surface area contributed by atoms with Crippen molar-refractivity contribution in [3.05, 3.63) is 90.5 Å². The first-order valence-electron chi connectivity index (χ1n) is 7.44. The van der Waals surface area contributed by atoms with Crippen LogP contribution in [0.2, 0.25) is 0 Å². The Kier molecular flexibility index (Phi) is 5.40. The molecule has 0 spiro atoms. The van der Waals surface area contributed by atoms with E-state index < -0.39 is 0 Å². The summed E-state index contributed by atoms with van der Waals surface area (Å²) in [5.74, 6) is 0. The van der Waals surface area contributed by atoms with E-state index in [0.29, 0.717) is 12.1 Å². The van der Waals surface area contributed by atoms with Gasteiger partial charge in [0.2, 0.25) is 6.33 Å². The molecule has 0 fully saturated rings. The topological polar surface area (TPSA) is 8.81 Å². The van der Waals surface area contributed by atoms with Gasteiger partial charge in [-0.1, -0.05) is 60.7 Å². The van der Waals surface area contributed by atoms with Gasteiger partial charge in [-0.2, -0.15) is 0 Å². The van der Waals surface area contributed by atoms with Gasteiger partial charge in [-0.05, 0) is 25.0 Å². The minimum Gasteiger partial charge on any atom is -1.00 e. The van der Waals surface area contributed by atoms with Gasteiger partial charge in [0.1, 0.15) is 24.5 Å². The van der Waals surface area contributed by atoms with Crippen LogP contribution in [0.25, 0.3) is 0 Å². The van der Waals surface area contributed by atoms with Crippen molar-refractivity contribution < 1.29 is 17.0 Å². The molecule has 1 aromatic heterocycles. The molecule has 22 heavy (non-hydrogen) atoms. The summed E-state index contributed by atoms with van der Waals surface area (Å²) in [6, 6.07) is 21.9. The lowest BCUT2D eigenvalue weighted by molar-refractivity contribution is -0.710. The Labute approximate surface area is 138 Å². The van der Waals surface area contributed by atoms with Crippen molar-refractivity contribution in [3.63, 3.8) is 0 Å². The second-order valence-corrected chi connectivity index (χ2v) is 5.48. The molecule has 2 aromatic carbocycles. The lowest BCUT2D eigenvalue weighted by atomic mass is 10.1. The number of aromatic nitrogens is 2. The van der Waals surface area contributed by atoms with Crippen LogP contribution in [0.4, 0.5) is 0 Å². The zero-order valence-corrected chi connectivity index (χ0v) is 13.7. The number of hydrogen-bond donors (Lipinski definition) is 0. The minimum atomic E-state index is 0. The smallest absolute Gasteiger partial charge is 0.244 e. The van der Waals surface area contributed by atoms with Crippen LogP contribution in [0.1, 0.15) is 37.1 Å². The van der Waals surface area contributed by atoms with Crippen LogP contribution in [-0.2, 0) is 0 Å². The Bertz CT molecular complexity index is 632. The number of halogens is 1. The number of imidazole rings is 1. The van der Waals surface area contributed by atoms with Crippen molar-refractivity contribution in [1.29, 1.82) is 0 Å².